The second kappa shape index (κ2) is 7.25. The molecule has 2 aromatic rings. The number of H-pyrrole nitrogens is 1. The van der Waals surface area contributed by atoms with E-state index in [9.17, 15) is 14.7 Å². The van der Waals surface area contributed by atoms with Gasteiger partial charge in [-0.25, -0.2) is 14.6 Å². The molecule has 0 radical (unpaired) electrons. The number of carboxylic acids is 1. The van der Waals surface area contributed by atoms with Crippen molar-refractivity contribution in [3.05, 3.63) is 47.5 Å². The molecular formula is C17H20N4O4. The molecule has 1 aromatic carbocycles. The first kappa shape index (κ1) is 16.8. The lowest BCUT2D eigenvalue weighted by molar-refractivity contribution is -0.142. The van der Waals surface area contributed by atoms with Crippen molar-refractivity contribution in [3.8, 4) is 5.75 Å². The molecule has 1 aliphatic heterocycles. The Morgan fingerprint density at radius 1 is 1.40 bits per heavy atom. The molecule has 1 aliphatic rings. The minimum absolute atomic E-state index is 0.208. The Balaban J connectivity index is 1.58. The lowest BCUT2D eigenvalue weighted by atomic mass is 10.0. The van der Waals surface area contributed by atoms with Gasteiger partial charge in [-0.05, 0) is 24.1 Å². The summed E-state index contributed by atoms with van der Waals surface area (Å²) < 4.78 is 5.11. The number of urea groups is 1. The number of amides is 2. The van der Waals surface area contributed by atoms with Gasteiger partial charge in [0.2, 0.25) is 0 Å². The number of benzene rings is 1. The highest BCUT2D eigenvalue weighted by atomic mass is 16.5. The molecule has 2 amide bonds. The first-order valence-electron chi connectivity index (χ1n) is 8.00. The molecule has 0 saturated heterocycles. The second-order valence-electron chi connectivity index (χ2n) is 5.84. The van der Waals surface area contributed by atoms with Gasteiger partial charge >= 0.3 is 12.0 Å². The largest absolute Gasteiger partial charge is 0.497 e. The molecule has 0 bridgehead atoms. The number of aromatic nitrogens is 2. The number of aromatic amines is 1. The van der Waals surface area contributed by atoms with Gasteiger partial charge in [-0.2, -0.15) is 0 Å². The van der Waals surface area contributed by atoms with E-state index in [-0.39, 0.29) is 19.0 Å². The van der Waals surface area contributed by atoms with E-state index in [1.54, 1.807) is 7.11 Å². The van der Waals surface area contributed by atoms with Gasteiger partial charge in [0.05, 0.1) is 31.4 Å². The zero-order valence-electron chi connectivity index (χ0n) is 13.9. The molecule has 3 N–H and O–H groups in total. The van der Waals surface area contributed by atoms with Crippen LogP contribution in [0.3, 0.4) is 0 Å². The van der Waals surface area contributed by atoms with Crippen molar-refractivity contribution in [2.45, 2.75) is 25.4 Å². The first-order valence-corrected chi connectivity index (χ1v) is 8.00. The van der Waals surface area contributed by atoms with Crippen LogP contribution < -0.4 is 10.1 Å². The lowest BCUT2D eigenvalue weighted by Crippen LogP contribution is -2.52. The first-order chi connectivity index (χ1) is 12.1. The molecule has 0 aliphatic carbocycles. The standard InChI is InChI=1S/C17H20N4O4/c1-25-12-4-2-11(3-5-12)6-7-18-17(24)21-9-14-13(19-10-20-14)8-15(21)16(22)23/h2-5,10,15H,6-9H2,1H3,(H,18,24)(H,19,20)(H,22,23). The van der Waals surface area contributed by atoms with Crippen molar-refractivity contribution in [2.75, 3.05) is 13.7 Å². The second-order valence-corrected chi connectivity index (χ2v) is 5.84. The summed E-state index contributed by atoms with van der Waals surface area (Å²) in [4.78, 5) is 32.3. The van der Waals surface area contributed by atoms with E-state index in [1.807, 2.05) is 24.3 Å². The normalized spacial score (nSPS) is 16.2. The van der Waals surface area contributed by atoms with Crippen LogP contribution in [0.15, 0.2) is 30.6 Å². The maximum atomic E-state index is 12.4. The molecule has 8 heteroatoms. The molecule has 8 nitrogen and oxygen atoms in total. The van der Waals surface area contributed by atoms with Gasteiger partial charge in [-0.3, -0.25) is 0 Å². The summed E-state index contributed by atoms with van der Waals surface area (Å²) in [7, 11) is 1.61. The summed E-state index contributed by atoms with van der Waals surface area (Å²) >= 11 is 0. The molecule has 25 heavy (non-hydrogen) atoms. The monoisotopic (exact) mass is 344 g/mol. The van der Waals surface area contributed by atoms with Crippen molar-refractivity contribution in [2.24, 2.45) is 0 Å². The molecule has 0 spiro atoms. The number of rotatable bonds is 5. The SMILES string of the molecule is COc1ccc(CCNC(=O)N2Cc3[nH]cnc3CC2C(=O)O)cc1. The Bertz CT molecular complexity index is 756. The van der Waals surface area contributed by atoms with Gasteiger partial charge in [-0.1, -0.05) is 12.1 Å². The van der Waals surface area contributed by atoms with Crippen LogP contribution in [0.2, 0.25) is 0 Å². The maximum absolute atomic E-state index is 12.4. The topological polar surface area (TPSA) is 108 Å². The van der Waals surface area contributed by atoms with E-state index in [4.69, 9.17) is 4.74 Å². The molecule has 1 atom stereocenters. The zero-order chi connectivity index (χ0) is 17.8. The molecule has 2 heterocycles. The summed E-state index contributed by atoms with van der Waals surface area (Å²) in [6, 6.07) is 6.30. The lowest BCUT2D eigenvalue weighted by Gasteiger charge is -2.32. The van der Waals surface area contributed by atoms with Crippen LogP contribution in [-0.2, 0) is 24.2 Å². The minimum Gasteiger partial charge on any atom is -0.497 e. The highest BCUT2D eigenvalue weighted by Gasteiger charge is 2.35. The van der Waals surface area contributed by atoms with Crippen LogP contribution in [0, 0.1) is 0 Å². The maximum Gasteiger partial charge on any atom is 0.326 e. The van der Waals surface area contributed by atoms with Crippen molar-refractivity contribution in [1.29, 1.82) is 0 Å². The number of nitrogens with one attached hydrogen (secondary N) is 2. The third kappa shape index (κ3) is 3.73. The Morgan fingerprint density at radius 3 is 2.84 bits per heavy atom. The van der Waals surface area contributed by atoms with Gasteiger partial charge in [-0.15, -0.1) is 0 Å². The van der Waals surface area contributed by atoms with Crippen molar-refractivity contribution >= 4 is 12.0 Å². The van der Waals surface area contributed by atoms with E-state index in [1.165, 1.54) is 11.2 Å². The summed E-state index contributed by atoms with van der Waals surface area (Å²) in [5, 5.41) is 12.2. The highest BCUT2D eigenvalue weighted by Crippen LogP contribution is 2.20. The van der Waals surface area contributed by atoms with Crippen molar-refractivity contribution in [1.82, 2.24) is 20.2 Å². The van der Waals surface area contributed by atoms with Crippen LogP contribution in [-0.4, -0.2) is 51.7 Å². The fraction of sp³-hybridized carbons (Fsp3) is 0.353. The number of ether oxygens (including phenoxy) is 1. The summed E-state index contributed by atoms with van der Waals surface area (Å²) in [5.41, 5.74) is 2.54. The Hall–Kier alpha value is -3.03. The van der Waals surface area contributed by atoms with Crippen LogP contribution in [0.5, 0.6) is 5.75 Å². The van der Waals surface area contributed by atoms with E-state index >= 15 is 0 Å². The number of fused-ring (bicyclic) bond motifs is 1. The van der Waals surface area contributed by atoms with E-state index in [0.29, 0.717) is 18.7 Å². The van der Waals surface area contributed by atoms with Crippen LogP contribution >= 0.6 is 0 Å². The quantitative estimate of drug-likeness (QED) is 0.755. The average Bonchev–Trinajstić information content (AvgIpc) is 3.08. The molecule has 0 fully saturated rings. The molecule has 1 unspecified atom stereocenters. The van der Waals surface area contributed by atoms with Gasteiger partial charge in [0.25, 0.3) is 0 Å². The minimum atomic E-state index is -1.03. The number of imidazole rings is 1. The smallest absolute Gasteiger partial charge is 0.326 e. The predicted octanol–water partition coefficient (Wildman–Crippen LogP) is 1.18. The average molecular weight is 344 g/mol. The molecule has 0 saturated carbocycles. The predicted molar refractivity (Wildman–Crippen MR) is 89.4 cm³/mol. The number of hydrogen-bond donors (Lipinski definition) is 3. The third-order valence-electron chi connectivity index (χ3n) is 4.29. The van der Waals surface area contributed by atoms with Crippen LogP contribution in [0.25, 0.3) is 0 Å². The highest BCUT2D eigenvalue weighted by molar-refractivity contribution is 5.83. The van der Waals surface area contributed by atoms with Gasteiger partial charge < -0.3 is 25.0 Å². The van der Waals surface area contributed by atoms with Crippen LogP contribution in [0.1, 0.15) is 17.0 Å². The number of carboxylic acid groups (broad SMARTS) is 1. The number of nitrogens with zero attached hydrogens (tertiary/aromatic N) is 2. The number of carbonyl (C=O) groups is 2. The molecule has 1 aromatic heterocycles. The van der Waals surface area contributed by atoms with Gasteiger partial charge in [0, 0.05) is 13.0 Å². The zero-order valence-corrected chi connectivity index (χ0v) is 13.9. The summed E-state index contributed by atoms with van der Waals surface area (Å²) in [6.45, 7) is 0.629. The van der Waals surface area contributed by atoms with Gasteiger partial charge in [0.15, 0.2) is 0 Å². The van der Waals surface area contributed by atoms with Crippen LogP contribution in [0.4, 0.5) is 4.79 Å². The van der Waals surface area contributed by atoms with E-state index in [0.717, 1.165) is 17.0 Å². The Kier molecular flexibility index (Phi) is 4.87. The van der Waals surface area contributed by atoms with Crippen molar-refractivity contribution in [3.63, 3.8) is 0 Å². The molecule has 132 valence electrons. The van der Waals surface area contributed by atoms with Crippen molar-refractivity contribution < 1.29 is 19.4 Å². The summed E-state index contributed by atoms with van der Waals surface area (Å²) in [6.07, 6.45) is 2.38. The number of carbonyl (C=O) groups excluding carboxylic acids is 1. The number of hydrogen-bond acceptors (Lipinski definition) is 4. The number of methoxy groups -OCH3 is 1. The Morgan fingerprint density at radius 2 is 2.16 bits per heavy atom. The number of aliphatic carboxylic acids is 1. The third-order valence-corrected chi connectivity index (χ3v) is 4.29. The van der Waals surface area contributed by atoms with Gasteiger partial charge in [0.1, 0.15) is 11.8 Å². The molecule has 3 rings (SSSR count). The van der Waals surface area contributed by atoms with E-state index < -0.39 is 12.0 Å². The Labute approximate surface area is 144 Å². The van der Waals surface area contributed by atoms with E-state index in [2.05, 4.69) is 15.3 Å². The summed E-state index contributed by atoms with van der Waals surface area (Å²) in [5.74, 6) is -0.250. The molecular weight excluding hydrogens is 324 g/mol. The fourth-order valence-corrected chi connectivity index (χ4v) is 2.88. The fourth-order valence-electron chi connectivity index (χ4n) is 2.88.